The largest absolute Gasteiger partial charge is 0.324 e. The van der Waals surface area contributed by atoms with Gasteiger partial charge in [-0.3, -0.25) is 9.89 Å². The molecule has 2 heterocycles. The minimum atomic E-state index is -0.164. The summed E-state index contributed by atoms with van der Waals surface area (Å²) in [4.78, 5) is 16.6. The number of benzene rings is 1. The van der Waals surface area contributed by atoms with Gasteiger partial charge >= 0.3 is 0 Å². The molecule has 0 saturated heterocycles. The standard InChI is InChI=1S/C16H17N5O/c1-9-7-11(10(2)17)3-4-12(9)16(22)20-14-5-6-18-15-13(14)8-19-21-15/h3-8,10H,17H2,1-2H3,(H2,18,19,20,21,22). The number of anilines is 1. The Morgan fingerprint density at radius 1 is 1.36 bits per heavy atom. The first-order chi connectivity index (χ1) is 10.6. The van der Waals surface area contributed by atoms with Gasteiger partial charge in [0.05, 0.1) is 17.3 Å². The Morgan fingerprint density at radius 3 is 2.91 bits per heavy atom. The summed E-state index contributed by atoms with van der Waals surface area (Å²) < 4.78 is 0. The average Bonchev–Trinajstić information content (AvgIpc) is 2.96. The summed E-state index contributed by atoms with van der Waals surface area (Å²) in [5.74, 6) is -0.164. The Morgan fingerprint density at radius 2 is 2.18 bits per heavy atom. The van der Waals surface area contributed by atoms with Crippen LogP contribution >= 0.6 is 0 Å². The number of aromatic amines is 1. The number of amides is 1. The molecule has 1 unspecified atom stereocenters. The molecule has 1 amide bonds. The van der Waals surface area contributed by atoms with E-state index in [9.17, 15) is 4.79 Å². The van der Waals surface area contributed by atoms with Crippen LogP contribution in [0.2, 0.25) is 0 Å². The number of aryl methyl sites for hydroxylation is 1. The number of pyridine rings is 1. The number of fused-ring (bicyclic) bond motifs is 1. The Hall–Kier alpha value is -2.73. The van der Waals surface area contributed by atoms with E-state index in [1.54, 1.807) is 24.5 Å². The van der Waals surface area contributed by atoms with Gasteiger partial charge in [0.2, 0.25) is 0 Å². The van der Waals surface area contributed by atoms with Crippen LogP contribution in [0.15, 0.2) is 36.7 Å². The number of hydrogen-bond donors (Lipinski definition) is 3. The molecule has 0 fully saturated rings. The predicted molar refractivity (Wildman–Crippen MR) is 85.6 cm³/mol. The van der Waals surface area contributed by atoms with Gasteiger partial charge < -0.3 is 11.1 Å². The highest BCUT2D eigenvalue weighted by atomic mass is 16.1. The molecular formula is C16H17N5O. The van der Waals surface area contributed by atoms with Gasteiger partial charge in [-0.25, -0.2) is 4.98 Å². The van der Waals surface area contributed by atoms with Gasteiger partial charge in [-0.15, -0.1) is 0 Å². The quantitative estimate of drug-likeness (QED) is 0.691. The number of aromatic nitrogens is 3. The molecule has 0 radical (unpaired) electrons. The maximum Gasteiger partial charge on any atom is 0.255 e. The molecule has 0 aliphatic heterocycles. The first-order valence-corrected chi connectivity index (χ1v) is 7.02. The molecule has 4 N–H and O–H groups in total. The summed E-state index contributed by atoms with van der Waals surface area (Å²) >= 11 is 0. The van der Waals surface area contributed by atoms with Gasteiger partial charge in [0.25, 0.3) is 5.91 Å². The number of nitrogens with zero attached hydrogens (tertiary/aromatic N) is 2. The van der Waals surface area contributed by atoms with Crippen molar-refractivity contribution in [2.24, 2.45) is 5.73 Å². The number of nitrogens with one attached hydrogen (secondary N) is 2. The number of rotatable bonds is 3. The molecule has 0 aliphatic rings. The number of nitrogens with two attached hydrogens (primary N) is 1. The molecule has 3 aromatic rings. The second-order valence-corrected chi connectivity index (χ2v) is 5.31. The number of carbonyl (C=O) groups excluding carboxylic acids is 1. The zero-order chi connectivity index (χ0) is 15.7. The van der Waals surface area contributed by atoms with Crippen molar-refractivity contribution in [3.63, 3.8) is 0 Å². The third kappa shape index (κ3) is 2.56. The average molecular weight is 295 g/mol. The van der Waals surface area contributed by atoms with E-state index in [1.165, 1.54) is 0 Å². The van der Waals surface area contributed by atoms with Gasteiger partial charge in [0.1, 0.15) is 0 Å². The van der Waals surface area contributed by atoms with Crippen molar-refractivity contribution in [1.29, 1.82) is 0 Å². The molecule has 0 saturated carbocycles. The van der Waals surface area contributed by atoms with Gasteiger partial charge in [-0.1, -0.05) is 12.1 Å². The summed E-state index contributed by atoms with van der Waals surface area (Å²) in [6, 6.07) is 7.33. The van der Waals surface area contributed by atoms with Crippen LogP contribution in [-0.2, 0) is 0 Å². The SMILES string of the molecule is Cc1cc(C(C)N)ccc1C(=O)Nc1ccnc2[nH]ncc12. The molecule has 22 heavy (non-hydrogen) atoms. The van der Waals surface area contributed by atoms with Crippen molar-refractivity contribution in [2.45, 2.75) is 19.9 Å². The monoisotopic (exact) mass is 295 g/mol. The normalized spacial score (nSPS) is 12.3. The highest BCUT2D eigenvalue weighted by Gasteiger charge is 2.13. The van der Waals surface area contributed by atoms with Gasteiger partial charge in [-0.05, 0) is 37.1 Å². The van der Waals surface area contributed by atoms with Crippen molar-refractivity contribution in [3.8, 4) is 0 Å². The van der Waals surface area contributed by atoms with Crippen LogP contribution in [0.25, 0.3) is 11.0 Å². The maximum atomic E-state index is 12.5. The molecule has 0 aliphatic carbocycles. The van der Waals surface area contributed by atoms with Gasteiger partial charge in [-0.2, -0.15) is 5.10 Å². The van der Waals surface area contributed by atoms with Crippen LogP contribution < -0.4 is 11.1 Å². The van der Waals surface area contributed by atoms with E-state index in [4.69, 9.17) is 5.73 Å². The van der Waals surface area contributed by atoms with Crippen molar-refractivity contribution in [3.05, 3.63) is 53.3 Å². The molecule has 2 aromatic heterocycles. The van der Waals surface area contributed by atoms with Crippen LogP contribution in [0.5, 0.6) is 0 Å². The minimum Gasteiger partial charge on any atom is -0.324 e. The molecule has 6 heteroatoms. The van der Waals surface area contributed by atoms with Crippen LogP contribution in [0.1, 0.15) is 34.5 Å². The third-order valence-electron chi connectivity index (χ3n) is 3.62. The lowest BCUT2D eigenvalue weighted by Gasteiger charge is -2.11. The maximum absolute atomic E-state index is 12.5. The number of carbonyl (C=O) groups is 1. The lowest BCUT2D eigenvalue weighted by Crippen LogP contribution is -2.14. The molecule has 1 aromatic carbocycles. The smallest absolute Gasteiger partial charge is 0.255 e. The van der Waals surface area contributed by atoms with E-state index in [2.05, 4.69) is 20.5 Å². The zero-order valence-electron chi connectivity index (χ0n) is 12.4. The Kier molecular flexibility index (Phi) is 3.60. The van der Waals surface area contributed by atoms with Crippen LogP contribution in [-0.4, -0.2) is 21.1 Å². The van der Waals surface area contributed by atoms with Crippen LogP contribution in [0, 0.1) is 6.92 Å². The second kappa shape index (κ2) is 5.57. The number of H-pyrrole nitrogens is 1. The first kappa shape index (κ1) is 14.2. The fourth-order valence-electron chi connectivity index (χ4n) is 2.37. The molecule has 3 rings (SSSR count). The highest BCUT2D eigenvalue weighted by molar-refractivity contribution is 6.08. The Labute approximate surface area is 127 Å². The van der Waals surface area contributed by atoms with E-state index in [0.29, 0.717) is 16.9 Å². The summed E-state index contributed by atoms with van der Waals surface area (Å²) in [6.07, 6.45) is 3.27. The molecular weight excluding hydrogens is 278 g/mol. The Bertz CT molecular complexity index is 837. The molecule has 0 spiro atoms. The predicted octanol–water partition coefficient (Wildman–Crippen LogP) is 2.54. The highest BCUT2D eigenvalue weighted by Crippen LogP contribution is 2.21. The number of hydrogen-bond acceptors (Lipinski definition) is 4. The summed E-state index contributed by atoms with van der Waals surface area (Å²) in [7, 11) is 0. The zero-order valence-corrected chi connectivity index (χ0v) is 12.4. The molecule has 1 atom stereocenters. The lowest BCUT2D eigenvalue weighted by molar-refractivity contribution is 0.102. The van der Waals surface area contributed by atoms with E-state index in [0.717, 1.165) is 16.5 Å². The van der Waals surface area contributed by atoms with Crippen LogP contribution in [0.3, 0.4) is 0 Å². The third-order valence-corrected chi connectivity index (χ3v) is 3.62. The summed E-state index contributed by atoms with van der Waals surface area (Å²) in [5.41, 5.74) is 9.71. The summed E-state index contributed by atoms with van der Waals surface area (Å²) in [6.45, 7) is 3.82. The van der Waals surface area contributed by atoms with Crippen LogP contribution in [0.4, 0.5) is 5.69 Å². The summed E-state index contributed by atoms with van der Waals surface area (Å²) in [5, 5.41) is 10.4. The molecule has 0 bridgehead atoms. The van der Waals surface area contributed by atoms with Gasteiger partial charge in [0.15, 0.2) is 5.65 Å². The molecule has 6 nitrogen and oxygen atoms in total. The second-order valence-electron chi connectivity index (χ2n) is 5.31. The van der Waals surface area contributed by atoms with Crippen molar-refractivity contribution < 1.29 is 4.79 Å². The molecule has 112 valence electrons. The lowest BCUT2D eigenvalue weighted by atomic mass is 10.0. The minimum absolute atomic E-state index is 0.0541. The van der Waals surface area contributed by atoms with Crippen molar-refractivity contribution >= 4 is 22.6 Å². The van der Waals surface area contributed by atoms with Crippen molar-refractivity contribution in [1.82, 2.24) is 15.2 Å². The Balaban J connectivity index is 1.90. The fourth-order valence-corrected chi connectivity index (χ4v) is 2.37. The topological polar surface area (TPSA) is 96.7 Å². The van der Waals surface area contributed by atoms with E-state index < -0.39 is 0 Å². The first-order valence-electron chi connectivity index (χ1n) is 7.02. The van der Waals surface area contributed by atoms with E-state index in [1.807, 2.05) is 26.0 Å². The van der Waals surface area contributed by atoms with Gasteiger partial charge in [0, 0.05) is 17.8 Å². The van der Waals surface area contributed by atoms with E-state index in [-0.39, 0.29) is 11.9 Å². The van der Waals surface area contributed by atoms with E-state index >= 15 is 0 Å². The van der Waals surface area contributed by atoms with Crippen molar-refractivity contribution in [2.75, 3.05) is 5.32 Å². The fraction of sp³-hybridized carbons (Fsp3) is 0.188.